The average molecular weight is 220 g/mol. The van der Waals surface area contributed by atoms with Crippen molar-refractivity contribution in [1.29, 1.82) is 0 Å². The van der Waals surface area contributed by atoms with Crippen molar-refractivity contribution in [2.45, 2.75) is 38.6 Å². The molecule has 2 unspecified atom stereocenters. The zero-order chi connectivity index (χ0) is 10.6. The minimum absolute atomic E-state index is 0.160. The highest BCUT2D eigenvalue weighted by molar-refractivity contribution is 7.89. The molecule has 1 fully saturated rings. The van der Waals surface area contributed by atoms with Crippen molar-refractivity contribution < 1.29 is 8.42 Å². The van der Waals surface area contributed by atoms with Gasteiger partial charge >= 0.3 is 0 Å². The van der Waals surface area contributed by atoms with Crippen LogP contribution in [0.5, 0.6) is 0 Å². The molecule has 1 aliphatic rings. The zero-order valence-corrected chi connectivity index (χ0v) is 9.52. The molecule has 0 aromatic rings. The highest BCUT2D eigenvalue weighted by atomic mass is 32.2. The Morgan fingerprint density at radius 1 is 1.43 bits per heavy atom. The molecule has 1 rings (SSSR count). The van der Waals surface area contributed by atoms with Gasteiger partial charge in [-0.2, -0.15) is 0 Å². The normalized spacial score (nSPS) is 28.1. The largest absolute Gasteiger partial charge is 0.330 e. The summed E-state index contributed by atoms with van der Waals surface area (Å²) in [6.07, 6.45) is 3.62. The summed E-state index contributed by atoms with van der Waals surface area (Å²) >= 11 is 0. The van der Waals surface area contributed by atoms with E-state index in [0.29, 0.717) is 18.9 Å². The lowest BCUT2D eigenvalue weighted by molar-refractivity contribution is 0.537. The topological polar surface area (TPSA) is 72.2 Å². The molecular formula is C9H20N2O2S. The maximum atomic E-state index is 11.5. The first-order valence-electron chi connectivity index (χ1n) is 5.23. The van der Waals surface area contributed by atoms with Crippen LogP contribution < -0.4 is 10.5 Å². The quantitative estimate of drug-likeness (QED) is 0.706. The first kappa shape index (κ1) is 11.9. The second-order valence-electron chi connectivity index (χ2n) is 4.19. The van der Waals surface area contributed by atoms with Crippen molar-refractivity contribution in [2.24, 2.45) is 11.7 Å². The van der Waals surface area contributed by atoms with E-state index in [4.69, 9.17) is 5.73 Å². The number of hydrogen-bond acceptors (Lipinski definition) is 3. The van der Waals surface area contributed by atoms with E-state index < -0.39 is 10.0 Å². The van der Waals surface area contributed by atoms with E-state index in [-0.39, 0.29) is 11.8 Å². The Morgan fingerprint density at radius 2 is 2.14 bits per heavy atom. The Morgan fingerprint density at radius 3 is 2.64 bits per heavy atom. The Bertz CT molecular complexity index is 264. The third-order valence-electron chi connectivity index (χ3n) is 2.66. The minimum Gasteiger partial charge on any atom is -0.330 e. The van der Waals surface area contributed by atoms with Crippen LogP contribution in [0.1, 0.15) is 32.6 Å². The van der Waals surface area contributed by atoms with E-state index in [1.807, 2.05) is 0 Å². The first-order valence-corrected chi connectivity index (χ1v) is 6.89. The number of rotatable bonds is 5. The fraction of sp³-hybridized carbons (Fsp3) is 1.00. The molecule has 0 heterocycles. The third kappa shape index (κ3) is 3.94. The molecule has 0 radical (unpaired) electrons. The highest BCUT2D eigenvalue weighted by Gasteiger charge is 2.24. The molecule has 3 N–H and O–H groups in total. The van der Waals surface area contributed by atoms with Crippen molar-refractivity contribution in [3.63, 3.8) is 0 Å². The van der Waals surface area contributed by atoms with Crippen LogP contribution >= 0.6 is 0 Å². The Balaban J connectivity index is 2.35. The van der Waals surface area contributed by atoms with Crippen molar-refractivity contribution >= 4 is 10.0 Å². The molecule has 0 saturated heterocycles. The molecule has 0 bridgehead atoms. The van der Waals surface area contributed by atoms with Gasteiger partial charge in [-0.3, -0.25) is 0 Å². The van der Waals surface area contributed by atoms with Crippen LogP contribution in [0.25, 0.3) is 0 Å². The minimum atomic E-state index is -3.08. The summed E-state index contributed by atoms with van der Waals surface area (Å²) in [5, 5.41) is 0. The zero-order valence-electron chi connectivity index (χ0n) is 8.70. The van der Waals surface area contributed by atoms with Crippen molar-refractivity contribution in [2.75, 3.05) is 12.3 Å². The molecule has 14 heavy (non-hydrogen) atoms. The summed E-state index contributed by atoms with van der Waals surface area (Å²) in [5.41, 5.74) is 5.27. The second kappa shape index (κ2) is 5.09. The SMILES string of the molecule is CC1CCC(NS(=O)(=O)CCCN)C1. The maximum Gasteiger partial charge on any atom is 0.211 e. The van der Waals surface area contributed by atoms with Crippen LogP contribution in [0, 0.1) is 5.92 Å². The molecule has 1 saturated carbocycles. The highest BCUT2D eigenvalue weighted by Crippen LogP contribution is 2.25. The van der Waals surface area contributed by atoms with Gasteiger partial charge in [-0.25, -0.2) is 13.1 Å². The van der Waals surface area contributed by atoms with E-state index >= 15 is 0 Å². The van der Waals surface area contributed by atoms with Gasteiger partial charge in [0.2, 0.25) is 10.0 Å². The summed E-state index contributed by atoms with van der Waals surface area (Å²) in [6.45, 7) is 2.59. The molecule has 0 spiro atoms. The summed E-state index contributed by atoms with van der Waals surface area (Å²) < 4.78 is 25.7. The van der Waals surface area contributed by atoms with Crippen LogP contribution in [0.15, 0.2) is 0 Å². The lowest BCUT2D eigenvalue weighted by atomic mass is 10.1. The molecule has 0 amide bonds. The van der Waals surface area contributed by atoms with Crippen LogP contribution in [0.3, 0.4) is 0 Å². The Hall–Kier alpha value is -0.130. The summed E-state index contributed by atoms with van der Waals surface area (Å²) in [6, 6.07) is 0.160. The van der Waals surface area contributed by atoms with Crippen LogP contribution in [0.4, 0.5) is 0 Å². The molecular weight excluding hydrogens is 200 g/mol. The first-order chi connectivity index (χ1) is 6.53. The van der Waals surface area contributed by atoms with Gasteiger partial charge in [-0.1, -0.05) is 6.92 Å². The maximum absolute atomic E-state index is 11.5. The van der Waals surface area contributed by atoms with E-state index in [9.17, 15) is 8.42 Å². The fourth-order valence-corrected chi connectivity index (χ4v) is 3.29. The summed E-state index contributed by atoms with van der Waals surface area (Å²) in [7, 11) is -3.08. The van der Waals surface area contributed by atoms with Crippen LogP contribution in [0.2, 0.25) is 0 Å². The van der Waals surface area contributed by atoms with Gasteiger partial charge in [0.25, 0.3) is 0 Å². The monoisotopic (exact) mass is 220 g/mol. The molecule has 2 atom stereocenters. The standard InChI is InChI=1S/C9H20N2O2S/c1-8-3-4-9(7-8)11-14(12,13)6-2-5-10/h8-9,11H,2-7,10H2,1H3. The molecule has 0 aliphatic heterocycles. The smallest absolute Gasteiger partial charge is 0.211 e. The van der Waals surface area contributed by atoms with Crippen molar-refractivity contribution in [3.8, 4) is 0 Å². The summed E-state index contributed by atoms with van der Waals surface area (Å²) in [5.74, 6) is 0.811. The third-order valence-corrected chi connectivity index (χ3v) is 4.18. The van der Waals surface area contributed by atoms with Gasteiger partial charge in [-0.15, -0.1) is 0 Å². The predicted octanol–water partition coefficient (Wildman–Crippen LogP) is 0.443. The number of nitrogens with two attached hydrogens (primary N) is 1. The van der Waals surface area contributed by atoms with E-state index in [2.05, 4.69) is 11.6 Å². The van der Waals surface area contributed by atoms with Gasteiger partial charge < -0.3 is 5.73 Å². The van der Waals surface area contributed by atoms with E-state index in [1.165, 1.54) is 0 Å². The number of nitrogens with one attached hydrogen (secondary N) is 1. The van der Waals surface area contributed by atoms with Gasteiger partial charge in [-0.05, 0) is 38.1 Å². The van der Waals surface area contributed by atoms with Crippen molar-refractivity contribution in [1.82, 2.24) is 4.72 Å². The Labute approximate surface area is 86.3 Å². The predicted molar refractivity (Wildman–Crippen MR) is 57.4 cm³/mol. The number of sulfonamides is 1. The van der Waals surface area contributed by atoms with Crippen LogP contribution in [-0.2, 0) is 10.0 Å². The fourth-order valence-electron chi connectivity index (χ4n) is 1.90. The molecule has 1 aliphatic carbocycles. The Kier molecular flexibility index (Phi) is 4.34. The molecule has 5 heteroatoms. The van der Waals surface area contributed by atoms with E-state index in [1.54, 1.807) is 0 Å². The van der Waals surface area contributed by atoms with Gasteiger partial charge in [0.05, 0.1) is 5.75 Å². The molecule has 4 nitrogen and oxygen atoms in total. The molecule has 0 aromatic heterocycles. The van der Waals surface area contributed by atoms with Gasteiger partial charge in [0.1, 0.15) is 0 Å². The lowest BCUT2D eigenvalue weighted by Crippen LogP contribution is -2.35. The van der Waals surface area contributed by atoms with Crippen LogP contribution in [-0.4, -0.2) is 26.8 Å². The molecule has 0 aromatic carbocycles. The number of hydrogen-bond donors (Lipinski definition) is 2. The second-order valence-corrected chi connectivity index (χ2v) is 6.07. The van der Waals surface area contributed by atoms with E-state index in [0.717, 1.165) is 19.3 Å². The van der Waals surface area contributed by atoms with Gasteiger partial charge in [0, 0.05) is 6.04 Å². The lowest BCUT2D eigenvalue weighted by Gasteiger charge is -2.12. The van der Waals surface area contributed by atoms with Crippen molar-refractivity contribution in [3.05, 3.63) is 0 Å². The van der Waals surface area contributed by atoms with Gasteiger partial charge in [0.15, 0.2) is 0 Å². The molecule has 84 valence electrons. The average Bonchev–Trinajstić information content (AvgIpc) is 2.47. The summed E-state index contributed by atoms with van der Waals surface area (Å²) in [4.78, 5) is 0.